The van der Waals surface area contributed by atoms with Gasteiger partial charge in [0.25, 0.3) is 0 Å². The molecule has 0 saturated heterocycles. The Morgan fingerprint density at radius 2 is 1.79 bits per heavy atom. The van der Waals surface area contributed by atoms with E-state index in [9.17, 15) is 14.7 Å². The number of hydrogen-bond donors (Lipinski definition) is 2. The summed E-state index contributed by atoms with van der Waals surface area (Å²) in [5, 5.41) is 12.1. The van der Waals surface area contributed by atoms with E-state index in [1.165, 1.54) is 41.5 Å². The number of aryl methyl sites for hydroxylation is 2. The quantitative estimate of drug-likeness (QED) is 0.166. The van der Waals surface area contributed by atoms with Crippen molar-refractivity contribution in [3.8, 4) is 11.3 Å². The minimum absolute atomic E-state index is 0.333. The molecule has 0 spiro atoms. The predicted molar refractivity (Wildman–Crippen MR) is 178 cm³/mol. The number of rotatable bonds is 8. The van der Waals surface area contributed by atoms with E-state index in [2.05, 4.69) is 50.9 Å². The number of aromatic nitrogens is 2. The zero-order valence-electron chi connectivity index (χ0n) is 26.2. The highest BCUT2D eigenvalue weighted by Gasteiger charge is 2.30. The highest BCUT2D eigenvalue weighted by molar-refractivity contribution is 7.95. The summed E-state index contributed by atoms with van der Waals surface area (Å²) < 4.78 is 9.54. The van der Waals surface area contributed by atoms with Crippen LogP contribution in [0.1, 0.15) is 83.3 Å². The summed E-state index contributed by atoms with van der Waals surface area (Å²) in [7, 11) is 7.96. The van der Waals surface area contributed by atoms with Gasteiger partial charge >= 0.3 is 5.97 Å². The number of benzene rings is 2. The molecule has 1 saturated carbocycles. The van der Waals surface area contributed by atoms with Crippen LogP contribution < -0.4 is 4.72 Å². The fourth-order valence-electron chi connectivity index (χ4n) is 7.01. The number of carboxylic acids is 1. The first kappa shape index (κ1) is 31.3. The number of aromatic carboxylic acids is 1. The van der Waals surface area contributed by atoms with Crippen LogP contribution in [-0.2, 0) is 19.6 Å². The monoisotopic (exact) mass is 603 g/mol. The lowest BCUT2D eigenvalue weighted by Gasteiger charge is -2.25. The Balaban J connectivity index is 0.000000559. The van der Waals surface area contributed by atoms with Crippen molar-refractivity contribution < 1.29 is 14.7 Å². The Kier molecular flexibility index (Phi) is 9.96. The number of nitrogens with one attached hydrogen (secondary N) is 1. The highest BCUT2D eigenvalue weighted by atomic mass is 32.2. The van der Waals surface area contributed by atoms with Crippen molar-refractivity contribution in [3.05, 3.63) is 58.8 Å². The molecule has 0 radical (unpaired) electrons. The summed E-state index contributed by atoms with van der Waals surface area (Å²) in [4.78, 5) is 26.6. The maximum Gasteiger partial charge on any atom is 0.335 e. The molecule has 1 aliphatic heterocycles. The maximum atomic E-state index is 12.5. The third kappa shape index (κ3) is 6.13. The van der Waals surface area contributed by atoms with Crippen molar-refractivity contribution in [3.63, 3.8) is 0 Å². The molecule has 0 atom stereocenters. The lowest BCUT2D eigenvalue weighted by Crippen LogP contribution is -2.18. The van der Waals surface area contributed by atoms with E-state index >= 15 is 0 Å². The summed E-state index contributed by atoms with van der Waals surface area (Å²) in [6.45, 7) is 5.33. The van der Waals surface area contributed by atoms with Gasteiger partial charge < -0.3 is 19.1 Å². The summed E-state index contributed by atoms with van der Waals surface area (Å²) in [5.74, 6) is -0.434. The van der Waals surface area contributed by atoms with Gasteiger partial charge in [-0.3, -0.25) is 9.52 Å². The first-order valence-corrected chi connectivity index (χ1v) is 16.3. The van der Waals surface area contributed by atoms with Crippen LogP contribution in [0.2, 0.25) is 0 Å². The SMILES string of the molecule is CCN(C)Cc1c(C=O)n2c3c(cccc13)-c1c(C3CCCCC3)c3ccc(C(=O)O)cc3n1CCC2.CNSN(C)C. The van der Waals surface area contributed by atoms with Crippen LogP contribution in [0.25, 0.3) is 33.1 Å². The molecule has 2 aromatic carbocycles. The van der Waals surface area contributed by atoms with Crippen LogP contribution >= 0.6 is 12.1 Å². The molecule has 1 aliphatic carbocycles. The zero-order chi connectivity index (χ0) is 30.7. The number of hydrogen-bond acceptors (Lipinski definition) is 6. The van der Waals surface area contributed by atoms with Gasteiger partial charge in [-0.25, -0.2) is 9.10 Å². The number of nitrogens with zero attached hydrogens (tertiary/aromatic N) is 4. The summed E-state index contributed by atoms with van der Waals surface area (Å²) in [6, 6.07) is 12.2. The fourth-order valence-corrected chi connectivity index (χ4v) is 7.38. The molecule has 2 aliphatic rings. The topological polar surface area (TPSA) is 82.7 Å². The minimum Gasteiger partial charge on any atom is -0.478 e. The average Bonchev–Trinajstić information content (AvgIpc) is 3.48. The van der Waals surface area contributed by atoms with Crippen molar-refractivity contribution in [2.45, 2.75) is 71.0 Å². The molecular weight excluding hydrogens is 558 g/mol. The fraction of sp³-hybridized carbons (Fsp3) is 0.471. The van der Waals surface area contributed by atoms with Gasteiger partial charge in [0.1, 0.15) is 0 Å². The number of fused-ring (bicyclic) bond motifs is 4. The zero-order valence-corrected chi connectivity index (χ0v) is 27.0. The maximum absolute atomic E-state index is 12.5. The number of carbonyl (C=O) groups excluding carboxylic acids is 1. The predicted octanol–water partition coefficient (Wildman–Crippen LogP) is 7.01. The van der Waals surface area contributed by atoms with Crippen LogP contribution in [0.3, 0.4) is 0 Å². The lowest BCUT2D eigenvalue weighted by atomic mass is 9.81. The number of carbonyl (C=O) groups is 2. The molecular formula is C34H45N5O3S. The van der Waals surface area contributed by atoms with Crippen molar-refractivity contribution in [2.75, 3.05) is 34.7 Å². The Bertz CT molecular complexity index is 1620. The lowest BCUT2D eigenvalue weighted by molar-refractivity contribution is 0.0697. The molecule has 1 fully saturated rings. The largest absolute Gasteiger partial charge is 0.478 e. The smallest absolute Gasteiger partial charge is 0.335 e. The standard InChI is InChI=1S/C31H35N3O3.C3H10N2S/c1-3-32(2)18-25-22-11-7-12-24-29(22)34(27(25)19-35)16-8-15-33-26-17-21(31(36)37)13-14-23(26)28(30(24)33)20-9-5-4-6-10-20;1-4-6-5(2)3/h7,11-14,17,19-20H,3-6,8-10,15-16,18H2,1-2H3,(H,36,37);4H,1-3H3. The molecule has 0 amide bonds. The van der Waals surface area contributed by atoms with E-state index in [0.717, 1.165) is 79.4 Å². The Labute approximate surface area is 259 Å². The molecule has 4 aromatic rings. The normalized spacial score (nSPS) is 15.3. The van der Waals surface area contributed by atoms with Crippen molar-refractivity contribution >= 4 is 46.2 Å². The number of aldehydes is 1. The third-order valence-corrected chi connectivity index (χ3v) is 9.51. The minimum atomic E-state index is -0.890. The van der Waals surface area contributed by atoms with E-state index in [1.807, 2.05) is 37.6 Å². The van der Waals surface area contributed by atoms with Crippen LogP contribution in [0.15, 0.2) is 36.4 Å². The molecule has 2 N–H and O–H groups in total. The molecule has 6 rings (SSSR count). The van der Waals surface area contributed by atoms with E-state index in [0.29, 0.717) is 11.5 Å². The van der Waals surface area contributed by atoms with Gasteiger partial charge in [-0.2, -0.15) is 0 Å². The first-order valence-electron chi connectivity index (χ1n) is 15.5. The highest BCUT2D eigenvalue weighted by Crippen LogP contribution is 2.47. The van der Waals surface area contributed by atoms with Crippen molar-refractivity contribution in [1.82, 2.24) is 23.1 Å². The molecule has 0 bridgehead atoms. The van der Waals surface area contributed by atoms with Crippen LogP contribution in [0.5, 0.6) is 0 Å². The van der Waals surface area contributed by atoms with E-state index in [1.54, 1.807) is 18.2 Å². The Morgan fingerprint density at radius 3 is 2.42 bits per heavy atom. The molecule has 230 valence electrons. The first-order chi connectivity index (χ1) is 20.8. The van der Waals surface area contributed by atoms with Crippen LogP contribution in [0.4, 0.5) is 0 Å². The Hall–Kier alpha value is -3.11. The van der Waals surface area contributed by atoms with Crippen molar-refractivity contribution in [2.24, 2.45) is 0 Å². The summed E-state index contributed by atoms with van der Waals surface area (Å²) >= 11 is 1.57. The van der Waals surface area contributed by atoms with Crippen LogP contribution in [0, 0.1) is 0 Å². The summed E-state index contributed by atoms with van der Waals surface area (Å²) in [5.41, 5.74) is 8.15. The second-order valence-corrected chi connectivity index (χ2v) is 13.2. The molecule has 9 heteroatoms. The molecule has 3 heterocycles. The Morgan fingerprint density at radius 1 is 1.05 bits per heavy atom. The number of carboxylic acid groups (broad SMARTS) is 1. The number of para-hydroxylation sites is 1. The van der Waals surface area contributed by atoms with Gasteiger partial charge in [0.15, 0.2) is 6.29 Å². The third-order valence-electron chi connectivity index (χ3n) is 8.97. The van der Waals surface area contributed by atoms with Gasteiger partial charge in [0.05, 0.1) is 22.5 Å². The van der Waals surface area contributed by atoms with Crippen LogP contribution in [-0.4, -0.2) is 70.4 Å². The van der Waals surface area contributed by atoms with Crippen molar-refractivity contribution in [1.29, 1.82) is 0 Å². The van der Waals surface area contributed by atoms with Gasteiger partial charge in [0, 0.05) is 59.2 Å². The van der Waals surface area contributed by atoms with Gasteiger partial charge in [-0.15, -0.1) is 0 Å². The molecule has 43 heavy (non-hydrogen) atoms. The second kappa shape index (κ2) is 13.7. The molecule has 8 nitrogen and oxygen atoms in total. The van der Waals surface area contributed by atoms with Gasteiger partial charge in [-0.05, 0) is 77.6 Å². The van der Waals surface area contributed by atoms with E-state index in [-0.39, 0.29) is 0 Å². The molecule has 0 unspecified atom stereocenters. The average molecular weight is 604 g/mol. The van der Waals surface area contributed by atoms with Gasteiger partial charge in [0.2, 0.25) is 0 Å². The summed E-state index contributed by atoms with van der Waals surface area (Å²) in [6.07, 6.45) is 7.98. The van der Waals surface area contributed by atoms with Gasteiger partial charge in [-0.1, -0.05) is 50.5 Å². The van der Waals surface area contributed by atoms with E-state index < -0.39 is 5.97 Å². The second-order valence-electron chi connectivity index (χ2n) is 11.9. The molecule has 2 aromatic heterocycles. The van der Waals surface area contributed by atoms with E-state index in [4.69, 9.17) is 0 Å².